The molecule has 0 saturated carbocycles. The Kier molecular flexibility index (Phi) is 28.3. The Labute approximate surface area is 270 Å². The van der Waals surface area contributed by atoms with E-state index in [1.165, 1.54) is 0 Å². The Bertz CT molecular complexity index is 1320. The number of hydrogen-bond donors (Lipinski definition) is 6. The van der Waals surface area contributed by atoms with Crippen molar-refractivity contribution in [3.8, 4) is 0 Å². The van der Waals surface area contributed by atoms with E-state index in [9.17, 15) is 79.0 Å². The third-order valence-corrected chi connectivity index (χ3v) is 5.26. The fourth-order valence-electron chi connectivity index (χ4n) is 0. The van der Waals surface area contributed by atoms with Gasteiger partial charge in [-0.05, 0) is 0 Å². The molecule has 0 bridgehead atoms. The van der Waals surface area contributed by atoms with E-state index in [0.717, 1.165) is 0 Å². The molecule has 0 rings (SSSR count). The highest BCUT2D eigenvalue weighted by Gasteiger charge is 2.47. The summed E-state index contributed by atoms with van der Waals surface area (Å²) in [6.07, 6.45) is 0. The Morgan fingerprint density at radius 3 is 0.240 bits per heavy atom. The molecular formula is C6H12F18O18P2S6. The zero-order chi connectivity index (χ0) is 42.0. The van der Waals surface area contributed by atoms with Crippen LogP contribution in [0.3, 0.4) is 0 Å². The normalized spacial score (nSPS) is 13.4. The van der Waals surface area contributed by atoms with Crippen LogP contribution in [0.1, 0.15) is 0 Å². The molecule has 0 heterocycles. The second-order valence-electron chi connectivity index (χ2n) is 5.52. The molecule has 0 aromatic heterocycles. The minimum Gasteiger partial charge on any atom is -0.279 e. The van der Waals surface area contributed by atoms with Gasteiger partial charge in [0.2, 0.25) is 0 Å². The van der Waals surface area contributed by atoms with E-state index in [0.29, 0.717) is 0 Å². The van der Waals surface area contributed by atoms with Crippen molar-refractivity contribution in [3.63, 3.8) is 0 Å². The highest BCUT2D eigenvalue weighted by Crippen LogP contribution is 2.23. The summed E-state index contributed by atoms with van der Waals surface area (Å²) in [6.45, 7) is 0. The lowest BCUT2D eigenvalue weighted by Gasteiger charge is -1.97. The molecule has 0 fully saturated rings. The summed E-state index contributed by atoms with van der Waals surface area (Å²) in [5, 5.41) is 0. The molecule has 2 atom stereocenters. The van der Waals surface area contributed by atoms with Gasteiger partial charge in [-0.2, -0.15) is 149 Å². The monoisotopic (exact) mass is 968 g/mol. The number of hydrogen-bond acceptors (Lipinski definition) is 12. The largest absolute Gasteiger partial charge is 0.522 e. The SMILES string of the molecule is O=S(=O)(O)C(F)(F)F.O=S(=O)(O)C(F)(F)F.O=S(=O)(O)C(F)(F)F.O=S(=O)(O)C(F)(F)F.O=S(=O)(O)C(F)(F)F.O=S(=O)(O)C(F)(F)F.P.P. The summed E-state index contributed by atoms with van der Waals surface area (Å²) in [4.78, 5) is 0. The fourth-order valence-corrected chi connectivity index (χ4v) is 0. The molecule has 0 radical (unpaired) electrons. The predicted octanol–water partition coefficient (Wildman–Crippen LogP) is 2.48. The maximum Gasteiger partial charge on any atom is 0.522 e. The van der Waals surface area contributed by atoms with Gasteiger partial charge in [0.25, 0.3) is 0 Å². The summed E-state index contributed by atoms with van der Waals surface area (Å²) < 4.78 is 345. The molecule has 6 N–H and O–H groups in total. The van der Waals surface area contributed by atoms with E-state index in [1.807, 2.05) is 0 Å². The number of rotatable bonds is 0. The molecule has 0 amide bonds. The van der Waals surface area contributed by atoms with E-state index in [4.69, 9.17) is 77.8 Å². The van der Waals surface area contributed by atoms with Gasteiger partial charge in [-0.3, -0.25) is 27.3 Å². The van der Waals surface area contributed by atoms with Gasteiger partial charge in [0.05, 0.1) is 0 Å². The molecule has 44 heteroatoms. The first kappa shape index (κ1) is 67.2. The van der Waals surface area contributed by atoms with Gasteiger partial charge in [-0.15, -0.1) is 0 Å². The minimum atomic E-state index is -5.84. The molecule has 0 spiro atoms. The molecule has 0 aliphatic carbocycles. The van der Waals surface area contributed by atoms with E-state index in [1.54, 1.807) is 0 Å². The first-order valence-corrected chi connectivity index (χ1v) is 16.4. The maximum atomic E-state index is 10.7. The molecule has 18 nitrogen and oxygen atoms in total. The smallest absolute Gasteiger partial charge is 0.279 e. The lowest BCUT2D eigenvalue weighted by Crippen LogP contribution is -2.21. The molecular weight excluding hydrogens is 956 g/mol. The summed E-state index contributed by atoms with van der Waals surface area (Å²) >= 11 is 0. The highest BCUT2D eigenvalue weighted by atomic mass is 32.2. The minimum absolute atomic E-state index is 0. The van der Waals surface area contributed by atoms with Crippen LogP contribution in [0.25, 0.3) is 0 Å². The van der Waals surface area contributed by atoms with Crippen molar-refractivity contribution < 1.29 is 157 Å². The van der Waals surface area contributed by atoms with Gasteiger partial charge < -0.3 is 0 Å². The second kappa shape index (κ2) is 21.1. The van der Waals surface area contributed by atoms with Crippen LogP contribution in [-0.4, -0.2) is 111 Å². The van der Waals surface area contributed by atoms with E-state index in [-0.39, 0.29) is 19.8 Å². The van der Waals surface area contributed by atoms with Crippen LogP contribution in [0.15, 0.2) is 0 Å². The van der Waals surface area contributed by atoms with Crippen LogP contribution >= 0.6 is 19.8 Å². The standard InChI is InChI=1S/6CHF3O3S.2H3P/c6*2-1(3,4)8(5,6)7;;/h6*(H,5,6,7);2*1H3. The molecule has 0 aliphatic rings. The topological polar surface area (TPSA) is 326 Å². The fraction of sp³-hybridized carbons (Fsp3) is 1.00. The van der Waals surface area contributed by atoms with Gasteiger partial charge in [0, 0.05) is 0 Å². The number of halogens is 18. The van der Waals surface area contributed by atoms with Gasteiger partial charge in [0.15, 0.2) is 0 Å². The zero-order valence-corrected chi connectivity index (χ0v) is 29.0. The maximum absolute atomic E-state index is 10.7. The van der Waals surface area contributed by atoms with Crippen molar-refractivity contribution in [3.05, 3.63) is 0 Å². The summed E-state index contributed by atoms with van der Waals surface area (Å²) in [7, 11) is -35.0. The summed E-state index contributed by atoms with van der Waals surface area (Å²) in [5.74, 6) is 0. The van der Waals surface area contributed by atoms with Crippen molar-refractivity contribution in [1.82, 2.24) is 0 Å². The van der Waals surface area contributed by atoms with Gasteiger partial charge in [-0.1, -0.05) is 0 Å². The second-order valence-corrected chi connectivity index (χ2v) is 14.0. The Hall–Kier alpha value is -0.940. The average Bonchev–Trinajstić information content (AvgIpc) is 2.60. The van der Waals surface area contributed by atoms with Gasteiger partial charge >= 0.3 is 93.8 Å². The molecule has 50 heavy (non-hydrogen) atoms. The summed E-state index contributed by atoms with van der Waals surface area (Å²) in [6, 6.07) is 0. The number of alkyl halides is 18. The summed E-state index contributed by atoms with van der Waals surface area (Å²) in [5.41, 5.74) is -33.2. The first-order valence-electron chi connectivity index (χ1n) is 7.72. The van der Waals surface area contributed by atoms with Crippen molar-refractivity contribution in [2.75, 3.05) is 0 Å². The lowest BCUT2D eigenvalue weighted by atomic mass is 11.6. The van der Waals surface area contributed by atoms with Crippen molar-refractivity contribution >= 4 is 80.5 Å². The van der Waals surface area contributed by atoms with E-state index < -0.39 is 93.8 Å². The van der Waals surface area contributed by atoms with Gasteiger partial charge in [0.1, 0.15) is 0 Å². The molecule has 0 aromatic rings. The third kappa shape index (κ3) is 35.5. The Balaban J connectivity index is -0.0000000700. The zero-order valence-electron chi connectivity index (χ0n) is 21.2. The van der Waals surface area contributed by atoms with Crippen molar-refractivity contribution in [1.29, 1.82) is 0 Å². The van der Waals surface area contributed by atoms with Crippen LogP contribution in [0.4, 0.5) is 79.0 Å². The van der Waals surface area contributed by atoms with Crippen LogP contribution in [0, 0.1) is 0 Å². The molecule has 0 aliphatic heterocycles. The van der Waals surface area contributed by atoms with Crippen LogP contribution in [-0.2, 0) is 60.7 Å². The molecule has 0 saturated heterocycles. The molecule has 0 aromatic carbocycles. The van der Waals surface area contributed by atoms with Crippen molar-refractivity contribution in [2.45, 2.75) is 33.0 Å². The average molecular weight is 968 g/mol. The van der Waals surface area contributed by atoms with Crippen LogP contribution in [0.2, 0.25) is 0 Å². The Morgan fingerprint density at radius 2 is 0.240 bits per heavy atom. The first-order chi connectivity index (χ1) is 19.5. The van der Waals surface area contributed by atoms with Gasteiger partial charge in [-0.25, -0.2) is 0 Å². The van der Waals surface area contributed by atoms with Crippen LogP contribution < -0.4 is 0 Å². The highest BCUT2D eigenvalue weighted by molar-refractivity contribution is 7.87. The Morgan fingerprint density at radius 1 is 0.220 bits per heavy atom. The third-order valence-electron chi connectivity index (χ3n) is 1.75. The van der Waals surface area contributed by atoms with Crippen LogP contribution in [0.5, 0.6) is 0 Å². The predicted molar refractivity (Wildman–Crippen MR) is 128 cm³/mol. The van der Waals surface area contributed by atoms with E-state index >= 15 is 0 Å². The molecule has 2 unspecified atom stereocenters. The molecule has 316 valence electrons. The van der Waals surface area contributed by atoms with Crippen molar-refractivity contribution in [2.24, 2.45) is 0 Å². The quantitative estimate of drug-likeness (QED) is 0.0879. The lowest BCUT2D eigenvalue weighted by molar-refractivity contribution is -0.0514. The van der Waals surface area contributed by atoms with E-state index in [2.05, 4.69) is 0 Å².